The van der Waals surface area contributed by atoms with E-state index in [0.29, 0.717) is 12.1 Å². The summed E-state index contributed by atoms with van der Waals surface area (Å²) in [5, 5.41) is 3.46. The van der Waals surface area contributed by atoms with Gasteiger partial charge in [-0.1, -0.05) is 12.1 Å². The minimum atomic E-state index is 0.293. The van der Waals surface area contributed by atoms with Crippen molar-refractivity contribution in [2.45, 2.75) is 32.9 Å². The van der Waals surface area contributed by atoms with Crippen molar-refractivity contribution in [3.8, 4) is 0 Å². The van der Waals surface area contributed by atoms with E-state index in [1.807, 2.05) is 0 Å². The van der Waals surface area contributed by atoms with Gasteiger partial charge in [-0.3, -0.25) is 4.90 Å². The molecular weight excluding hydrogens is 224 g/mol. The largest absolute Gasteiger partial charge is 0.382 e. The van der Waals surface area contributed by atoms with Gasteiger partial charge in [-0.05, 0) is 38.5 Å². The van der Waals surface area contributed by atoms with Gasteiger partial charge in [0, 0.05) is 31.4 Å². The van der Waals surface area contributed by atoms with E-state index in [9.17, 15) is 0 Å². The lowest BCUT2D eigenvalue weighted by atomic mass is 10.2. The Labute approximate surface area is 110 Å². The van der Waals surface area contributed by atoms with Crippen molar-refractivity contribution in [1.29, 1.82) is 0 Å². The molecule has 2 rings (SSSR count). The summed E-state index contributed by atoms with van der Waals surface area (Å²) in [6.07, 6.45) is 0.293. The second kappa shape index (κ2) is 6.21. The molecule has 0 radical (unpaired) electrons. The molecule has 1 aliphatic rings. The molecule has 1 atom stereocenters. The molecule has 18 heavy (non-hydrogen) atoms. The molecule has 3 nitrogen and oxygen atoms in total. The number of nitrogens with zero attached hydrogens (tertiary/aromatic N) is 1. The van der Waals surface area contributed by atoms with Gasteiger partial charge in [0.15, 0.2) is 0 Å². The molecule has 1 aromatic carbocycles. The van der Waals surface area contributed by atoms with Gasteiger partial charge in [-0.2, -0.15) is 0 Å². The second-order valence-electron chi connectivity index (χ2n) is 5.33. The fraction of sp³-hybridized carbons (Fsp3) is 0.600. The predicted octanol–water partition coefficient (Wildman–Crippen LogP) is 2.52. The van der Waals surface area contributed by atoms with Crippen LogP contribution in [-0.2, 0) is 4.74 Å². The first-order chi connectivity index (χ1) is 8.65. The van der Waals surface area contributed by atoms with Gasteiger partial charge in [-0.15, -0.1) is 0 Å². The van der Waals surface area contributed by atoms with Crippen molar-refractivity contribution in [2.24, 2.45) is 0 Å². The normalized spacial score (nSPS) is 21.2. The molecule has 0 aromatic heterocycles. The Kier molecular flexibility index (Phi) is 4.61. The summed E-state index contributed by atoms with van der Waals surface area (Å²) in [5.41, 5.74) is 2.47. The summed E-state index contributed by atoms with van der Waals surface area (Å²) in [6.45, 7) is 10.4. The van der Waals surface area contributed by atoms with Crippen LogP contribution in [0.3, 0.4) is 0 Å². The number of ether oxygens (including phenoxy) is 1. The number of aryl methyl sites for hydroxylation is 1. The van der Waals surface area contributed by atoms with Crippen LogP contribution >= 0.6 is 0 Å². The SMILES string of the molecule is Cc1cccc(NCC2CN(C(C)C)CCO2)c1. The Morgan fingerprint density at radius 3 is 3.00 bits per heavy atom. The lowest BCUT2D eigenvalue weighted by Crippen LogP contribution is -2.48. The topological polar surface area (TPSA) is 24.5 Å². The monoisotopic (exact) mass is 248 g/mol. The highest BCUT2D eigenvalue weighted by molar-refractivity contribution is 5.45. The van der Waals surface area contributed by atoms with E-state index in [4.69, 9.17) is 4.74 Å². The number of benzene rings is 1. The highest BCUT2D eigenvalue weighted by atomic mass is 16.5. The van der Waals surface area contributed by atoms with Crippen LogP contribution in [0.4, 0.5) is 5.69 Å². The molecule has 0 aliphatic carbocycles. The van der Waals surface area contributed by atoms with Crippen LogP contribution in [0.5, 0.6) is 0 Å². The number of morpholine rings is 1. The Morgan fingerprint density at radius 1 is 1.44 bits per heavy atom. The predicted molar refractivity (Wildman–Crippen MR) is 76.1 cm³/mol. The number of rotatable bonds is 4. The Morgan fingerprint density at radius 2 is 2.28 bits per heavy atom. The maximum absolute atomic E-state index is 5.81. The van der Waals surface area contributed by atoms with E-state index in [2.05, 4.69) is 55.3 Å². The molecule has 1 unspecified atom stereocenters. The van der Waals surface area contributed by atoms with Crippen LogP contribution in [0.15, 0.2) is 24.3 Å². The zero-order chi connectivity index (χ0) is 13.0. The zero-order valence-electron chi connectivity index (χ0n) is 11.6. The van der Waals surface area contributed by atoms with Crippen molar-refractivity contribution in [3.05, 3.63) is 29.8 Å². The first kappa shape index (κ1) is 13.4. The summed E-state index contributed by atoms with van der Waals surface area (Å²) in [7, 11) is 0. The summed E-state index contributed by atoms with van der Waals surface area (Å²) >= 11 is 0. The van der Waals surface area contributed by atoms with Gasteiger partial charge < -0.3 is 10.1 Å². The first-order valence-electron chi connectivity index (χ1n) is 6.81. The fourth-order valence-corrected chi connectivity index (χ4v) is 2.32. The summed E-state index contributed by atoms with van der Waals surface area (Å²) in [6, 6.07) is 9.08. The van der Waals surface area contributed by atoms with Crippen LogP contribution in [-0.4, -0.2) is 43.3 Å². The quantitative estimate of drug-likeness (QED) is 0.886. The molecule has 1 fully saturated rings. The Bertz CT molecular complexity index is 379. The van der Waals surface area contributed by atoms with Crippen LogP contribution in [0.25, 0.3) is 0 Å². The van der Waals surface area contributed by atoms with Crippen molar-refractivity contribution in [1.82, 2.24) is 4.90 Å². The highest BCUT2D eigenvalue weighted by Crippen LogP contribution is 2.12. The molecule has 1 aromatic rings. The average molecular weight is 248 g/mol. The molecule has 1 heterocycles. The molecule has 0 bridgehead atoms. The van der Waals surface area contributed by atoms with E-state index in [-0.39, 0.29) is 0 Å². The van der Waals surface area contributed by atoms with Gasteiger partial charge in [-0.25, -0.2) is 0 Å². The molecule has 1 aliphatic heterocycles. The van der Waals surface area contributed by atoms with Crippen LogP contribution in [0.2, 0.25) is 0 Å². The van der Waals surface area contributed by atoms with Crippen LogP contribution in [0, 0.1) is 6.92 Å². The Hall–Kier alpha value is -1.06. The molecule has 1 saturated heterocycles. The van der Waals surface area contributed by atoms with Crippen LogP contribution in [0.1, 0.15) is 19.4 Å². The lowest BCUT2D eigenvalue weighted by molar-refractivity contribution is -0.0315. The van der Waals surface area contributed by atoms with E-state index in [1.54, 1.807) is 0 Å². The highest BCUT2D eigenvalue weighted by Gasteiger charge is 2.21. The van der Waals surface area contributed by atoms with Crippen LogP contribution < -0.4 is 5.32 Å². The van der Waals surface area contributed by atoms with Gasteiger partial charge in [0.2, 0.25) is 0 Å². The molecule has 0 saturated carbocycles. The molecule has 1 N–H and O–H groups in total. The Balaban J connectivity index is 1.83. The third kappa shape index (κ3) is 3.72. The fourth-order valence-electron chi connectivity index (χ4n) is 2.32. The smallest absolute Gasteiger partial charge is 0.0874 e. The average Bonchev–Trinajstić information content (AvgIpc) is 2.37. The molecule has 0 spiro atoms. The number of hydrogen-bond acceptors (Lipinski definition) is 3. The molecule has 100 valence electrons. The van der Waals surface area contributed by atoms with Gasteiger partial charge >= 0.3 is 0 Å². The minimum Gasteiger partial charge on any atom is -0.382 e. The van der Waals surface area contributed by atoms with Gasteiger partial charge in [0.05, 0.1) is 12.7 Å². The summed E-state index contributed by atoms with van der Waals surface area (Å²) in [5.74, 6) is 0. The molecule has 0 amide bonds. The summed E-state index contributed by atoms with van der Waals surface area (Å²) < 4.78 is 5.81. The standard InChI is InChI=1S/C15H24N2O/c1-12(2)17-7-8-18-15(11-17)10-16-14-6-4-5-13(3)9-14/h4-6,9,12,15-16H,7-8,10-11H2,1-3H3. The summed E-state index contributed by atoms with van der Waals surface area (Å²) in [4.78, 5) is 2.48. The number of anilines is 1. The first-order valence-corrected chi connectivity index (χ1v) is 6.81. The van der Waals surface area contributed by atoms with Crippen molar-refractivity contribution in [3.63, 3.8) is 0 Å². The minimum absolute atomic E-state index is 0.293. The third-order valence-electron chi connectivity index (χ3n) is 3.45. The number of hydrogen-bond donors (Lipinski definition) is 1. The third-order valence-corrected chi connectivity index (χ3v) is 3.45. The van der Waals surface area contributed by atoms with Crippen molar-refractivity contribution < 1.29 is 4.74 Å². The van der Waals surface area contributed by atoms with E-state index in [0.717, 1.165) is 26.2 Å². The molecular formula is C15H24N2O. The van der Waals surface area contributed by atoms with E-state index < -0.39 is 0 Å². The maximum atomic E-state index is 5.81. The van der Waals surface area contributed by atoms with Gasteiger partial charge in [0.25, 0.3) is 0 Å². The zero-order valence-corrected chi connectivity index (χ0v) is 11.6. The second-order valence-corrected chi connectivity index (χ2v) is 5.33. The van der Waals surface area contributed by atoms with E-state index in [1.165, 1.54) is 11.3 Å². The lowest BCUT2D eigenvalue weighted by Gasteiger charge is -2.35. The van der Waals surface area contributed by atoms with Crippen molar-refractivity contribution >= 4 is 5.69 Å². The number of nitrogens with one attached hydrogen (secondary N) is 1. The molecule has 3 heteroatoms. The van der Waals surface area contributed by atoms with Crippen molar-refractivity contribution in [2.75, 3.05) is 31.6 Å². The van der Waals surface area contributed by atoms with E-state index >= 15 is 0 Å². The van der Waals surface area contributed by atoms with Gasteiger partial charge in [0.1, 0.15) is 0 Å². The maximum Gasteiger partial charge on any atom is 0.0874 e.